The molecule has 0 bridgehead atoms. The largest absolute Gasteiger partial charge is 0.268 e. The molecule has 2 aromatic heterocycles. The first-order valence-electron chi connectivity index (χ1n) is 11.6. The second-order valence-corrected chi connectivity index (χ2v) is 9.51. The van der Waals surface area contributed by atoms with Crippen LogP contribution in [0.1, 0.15) is 5.56 Å². The molecule has 0 fully saturated rings. The third-order valence-corrected chi connectivity index (χ3v) is 6.68. The number of aromatic nitrogens is 4. The van der Waals surface area contributed by atoms with Crippen LogP contribution >= 0.6 is 15.9 Å². The zero-order valence-electron chi connectivity index (χ0n) is 19.5. The van der Waals surface area contributed by atoms with Gasteiger partial charge in [0, 0.05) is 10.0 Å². The number of para-hydroxylation sites is 2. The highest BCUT2D eigenvalue weighted by Gasteiger charge is 2.21. The molecule has 2 heterocycles. The van der Waals surface area contributed by atoms with Crippen LogP contribution in [0.15, 0.2) is 118 Å². The second-order valence-electron chi connectivity index (χ2n) is 8.60. The van der Waals surface area contributed by atoms with Crippen LogP contribution in [0.2, 0.25) is 0 Å². The van der Waals surface area contributed by atoms with Crippen molar-refractivity contribution in [3.05, 3.63) is 130 Å². The van der Waals surface area contributed by atoms with Crippen molar-refractivity contribution in [1.82, 2.24) is 19.3 Å². The van der Waals surface area contributed by atoms with Crippen molar-refractivity contribution in [2.45, 2.75) is 6.92 Å². The summed E-state index contributed by atoms with van der Waals surface area (Å²) in [4.78, 5) is 18.8. The quantitative estimate of drug-likeness (QED) is 0.246. The lowest BCUT2D eigenvalue weighted by Gasteiger charge is -2.15. The van der Waals surface area contributed by atoms with Gasteiger partial charge in [0.15, 0.2) is 5.82 Å². The normalized spacial score (nSPS) is 11.2. The Hall–Kier alpha value is -4.29. The van der Waals surface area contributed by atoms with Gasteiger partial charge in [0.1, 0.15) is 5.69 Å². The van der Waals surface area contributed by atoms with Crippen molar-refractivity contribution < 1.29 is 0 Å². The van der Waals surface area contributed by atoms with Crippen LogP contribution in [0.4, 0.5) is 0 Å². The molecule has 0 spiro atoms. The van der Waals surface area contributed by atoms with Crippen LogP contribution in [0, 0.1) is 6.92 Å². The Balaban J connectivity index is 1.69. The summed E-state index contributed by atoms with van der Waals surface area (Å²) in [5.74, 6) is 0.527. The maximum atomic E-state index is 13.8. The number of hydrogen-bond donors (Lipinski definition) is 0. The molecule has 5 nitrogen and oxygen atoms in total. The zero-order valence-corrected chi connectivity index (χ0v) is 21.1. The van der Waals surface area contributed by atoms with E-state index >= 15 is 0 Å². The maximum Gasteiger partial charge on any atom is 0.266 e. The average Bonchev–Trinajstić information content (AvgIpc) is 3.35. The van der Waals surface area contributed by atoms with E-state index in [2.05, 4.69) is 47.1 Å². The molecule has 0 radical (unpaired) electrons. The van der Waals surface area contributed by atoms with Crippen molar-refractivity contribution >= 4 is 26.8 Å². The Morgan fingerprint density at radius 3 is 2.19 bits per heavy atom. The highest BCUT2D eigenvalue weighted by molar-refractivity contribution is 9.10. The molecule has 0 saturated carbocycles. The molecule has 6 rings (SSSR count). The van der Waals surface area contributed by atoms with Gasteiger partial charge in [-0.05, 0) is 61.5 Å². The van der Waals surface area contributed by atoms with E-state index in [0.717, 1.165) is 32.8 Å². The van der Waals surface area contributed by atoms with E-state index in [1.165, 1.54) is 5.56 Å². The average molecular weight is 533 g/mol. The lowest BCUT2D eigenvalue weighted by Crippen LogP contribution is -2.22. The summed E-state index contributed by atoms with van der Waals surface area (Å²) < 4.78 is 4.51. The molecule has 0 aliphatic heterocycles. The minimum Gasteiger partial charge on any atom is -0.268 e. The monoisotopic (exact) mass is 532 g/mol. The van der Waals surface area contributed by atoms with Crippen molar-refractivity contribution in [3.8, 4) is 34.2 Å². The Bertz CT molecular complexity index is 1750. The summed E-state index contributed by atoms with van der Waals surface area (Å²) in [5, 5.41) is 5.55. The van der Waals surface area contributed by atoms with Gasteiger partial charge in [0.2, 0.25) is 0 Å². The van der Waals surface area contributed by atoms with Gasteiger partial charge in [-0.25, -0.2) is 9.67 Å². The van der Waals surface area contributed by atoms with E-state index in [1.54, 1.807) is 4.57 Å². The fourth-order valence-corrected chi connectivity index (χ4v) is 4.57. The molecule has 0 unspecified atom stereocenters. The SMILES string of the molecule is Cc1ccc(-c2cc(-c3nc4ccccc4c(=O)n3-c3ccccc3)n(-c3ccc(Br)cc3)n2)cc1. The standard InChI is InChI=1S/C30H21BrN4O/c1-20-11-13-21(14-12-20)27-19-28(35(33-27)24-17-15-22(31)16-18-24)29-32-26-10-6-5-9-25(26)30(36)34(29)23-7-3-2-4-8-23/h2-19H,1H3. The van der Waals surface area contributed by atoms with Gasteiger partial charge >= 0.3 is 0 Å². The number of nitrogens with zero attached hydrogens (tertiary/aromatic N) is 4. The maximum absolute atomic E-state index is 13.8. The van der Waals surface area contributed by atoms with Crippen molar-refractivity contribution in [2.24, 2.45) is 0 Å². The fourth-order valence-electron chi connectivity index (χ4n) is 4.31. The van der Waals surface area contributed by atoms with E-state index in [0.29, 0.717) is 16.7 Å². The predicted molar refractivity (Wildman–Crippen MR) is 148 cm³/mol. The van der Waals surface area contributed by atoms with Crippen molar-refractivity contribution in [3.63, 3.8) is 0 Å². The summed E-state index contributed by atoms with van der Waals surface area (Å²) in [6.45, 7) is 2.06. The Labute approximate surface area is 216 Å². The highest BCUT2D eigenvalue weighted by Crippen LogP contribution is 2.30. The van der Waals surface area contributed by atoms with Gasteiger partial charge in [-0.15, -0.1) is 0 Å². The van der Waals surface area contributed by atoms with Crippen molar-refractivity contribution in [2.75, 3.05) is 0 Å². The number of aryl methyl sites for hydroxylation is 1. The zero-order chi connectivity index (χ0) is 24.6. The van der Waals surface area contributed by atoms with Gasteiger partial charge in [-0.1, -0.05) is 76.1 Å². The van der Waals surface area contributed by atoms with Gasteiger partial charge < -0.3 is 0 Å². The van der Waals surface area contributed by atoms with E-state index in [1.807, 2.05) is 89.6 Å². The summed E-state index contributed by atoms with van der Waals surface area (Å²) in [6.07, 6.45) is 0. The molecule has 0 aliphatic rings. The van der Waals surface area contributed by atoms with Crippen LogP contribution in [0.5, 0.6) is 0 Å². The lowest BCUT2D eigenvalue weighted by atomic mass is 10.1. The highest BCUT2D eigenvalue weighted by atomic mass is 79.9. The number of hydrogen-bond acceptors (Lipinski definition) is 3. The molecule has 0 atom stereocenters. The molecule has 0 saturated heterocycles. The molecule has 0 aliphatic carbocycles. The van der Waals surface area contributed by atoms with E-state index in [-0.39, 0.29) is 5.56 Å². The molecular formula is C30H21BrN4O. The summed E-state index contributed by atoms with van der Waals surface area (Å²) >= 11 is 3.52. The smallest absolute Gasteiger partial charge is 0.266 e. The Kier molecular flexibility index (Phi) is 5.58. The minimum absolute atomic E-state index is 0.123. The molecule has 4 aromatic carbocycles. The number of benzene rings is 4. The molecule has 0 amide bonds. The van der Waals surface area contributed by atoms with Gasteiger partial charge in [0.05, 0.1) is 28.0 Å². The first-order chi connectivity index (χ1) is 17.6. The van der Waals surface area contributed by atoms with Gasteiger partial charge in [-0.3, -0.25) is 9.36 Å². The molecule has 36 heavy (non-hydrogen) atoms. The molecular weight excluding hydrogens is 512 g/mol. The first kappa shape index (κ1) is 22.2. The lowest BCUT2D eigenvalue weighted by molar-refractivity contribution is 0.865. The molecule has 174 valence electrons. The number of fused-ring (bicyclic) bond motifs is 1. The van der Waals surface area contributed by atoms with Crippen LogP contribution in [-0.2, 0) is 0 Å². The fraction of sp³-hybridized carbons (Fsp3) is 0.0333. The second kappa shape index (κ2) is 9.06. The summed E-state index contributed by atoms with van der Waals surface area (Å²) in [7, 11) is 0. The minimum atomic E-state index is -0.123. The third kappa shape index (κ3) is 3.95. The Morgan fingerprint density at radius 1 is 0.750 bits per heavy atom. The van der Waals surface area contributed by atoms with Gasteiger partial charge in [0.25, 0.3) is 5.56 Å². The van der Waals surface area contributed by atoms with E-state index < -0.39 is 0 Å². The summed E-state index contributed by atoms with van der Waals surface area (Å²) in [6, 6.07) is 35.3. The van der Waals surface area contributed by atoms with Gasteiger partial charge in [-0.2, -0.15) is 5.10 Å². The van der Waals surface area contributed by atoms with Crippen LogP contribution in [0.25, 0.3) is 45.1 Å². The van der Waals surface area contributed by atoms with Crippen LogP contribution < -0.4 is 5.56 Å². The van der Waals surface area contributed by atoms with Crippen LogP contribution in [-0.4, -0.2) is 19.3 Å². The van der Waals surface area contributed by atoms with E-state index in [4.69, 9.17) is 10.1 Å². The van der Waals surface area contributed by atoms with Crippen LogP contribution in [0.3, 0.4) is 0 Å². The molecule has 6 aromatic rings. The number of halogens is 1. The third-order valence-electron chi connectivity index (χ3n) is 6.15. The van der Waals surface area contributed by atoms with Crippen molar-refractivity contribution in [1.29, 1.82) is 0 Å². The Morgan fingerprint density at radius 2 is 1.44 bits per heavy atom. The first-order valence-corrected chi connectivity index (χ1v) is 12.4. The topological polar surface area (TPSA) is 52.7 Å². The molecule has 6 heteroatoms. The number of rotatable bonds is 4. The molecule has 0 N–H and O–H groups in total. The summed E-state index contributed by atoms with van der Waals surface area (Å²) in [5.41, 5.74) is 5.83. The predicted octanol–water partition coefficient (Wildman–Crippen LogP) is 6.98. The van der Waals surface area contributed by atoms with E-state index in [9.17, 15) is 4.79 Å².